The zero-order chi connectivity index (χ0) is 16.2. The van der Waals surface area contributed by atoms with Gasteiger partial charge in [-0.25, -0.2) is 4.98 Å². The molecule has 2 aromatic heterocycles. The summed E-state index contributed by atoms with van der Waals surface area (Å²) in [6.45, 7) is 4.30. The first-order valence-electron chi connectivity index (χ1n) is 8.02. The maximum Gasteiger partial charge on any atom is 0.273 e. The predicted molar refractivity (Wildman–Crippen MR) is 89.5 cm³/mol. The molecule has 1 amide bonds. The van der Waals surface area contributed by atoms with Crippen LogP contribution in [0.2, 0.25) is 0 Å². The minimum atomic E-state index is 0.00110. The molecule has 1 unspecified atom stereocenters. The van der Waals surface area contributed by atoms with E-state index in [9.17, 15) is 4.79 Å². The Morgan fingerprint density at radius 3 is 3.13 bits per heavy atom. The standard InChI is InChI=1S/C16H22N4O2S/c1-3-7-22-13-5-4-6-20(10-13)16(21)14-11-23-15(18-14)12-8-17-19(2)9-12/h8-9,11,13H,3-7,10H2,1-2H3. The highest BCUT2D eigenvalue weighted by Crippen LogP contribution is 2.24. The Kier molecular flexibility index (Phi) is 5.07. The van der Waals surface area contributed by atoms with Crippen LogP contribution in [0.1, 0.15) is 36.7 Å². The molecule has 1 fully saturated rings. The van der Waals surface area contributed by atoms with E-state index < -0.39 is 0 Å². The first-order chi connectivity index (χ1) is 11.2. The van der Waals surface area contributed by atoms with E-state index >= 15 is 0 Å². The number of piperidine rings is 1. The summed E-state index contributed by atoms with van der Waals surface area (Å²) in [4.78, 5) is 19.0. The number of hydrogen-bond donors (Lipinski definition) is 0. The van der Waals surface area contributed by atoms with Gasteiger partial charge in [0.15, 0.2) is 0 Å². The molecular weight excluding hydrogens is 312 g/mol. The Hall–Kier alpha value is -1.73. The fourth-order valence-electron chi connectivity index (χ4n) is 2.74. The van der Waals surface area contributed by atoms with Crippen LogP contribution in [-0.2, 0) is 11.8 Å². The number of nitrogens with zero attached hydrogens (tertiary/aromatic N) is 4. The van der Waals surface area contributed by atoms with Crippen LogP contribution in [0.25, 0.3) is 10.6 Å². The highest BCUT2D eigenvalue weighted by Gasteiger charge is 2.26. The van der Waals surface area contributed by atoms with Crippen LogP contribution in [-0.4, -0.2) is 51.4 Å². The molecule has 0 spiro atoms. The van der Waals surface area contributed by atoms with E-state index in [0.29, 0.717) is 12.2 Å². The molecule has 1 saturated heterocycles. The van der Waals surface area contributed by atoms with Gasteiger partial charge in [0.25, 0.3) is 5.91 Å². The number of hydrogen-bond acceptors (Lipinski definition) is 5. The quantitative estimate of drug-likeness (QED) is 0.843. The van der Waals surface area contributed by atoms with Crippen LogP contribution < -0.4 is 0 Å². The lowest BCUT2D eigenvalue weighted by atomic mass is 10.1. The number of amides is 1. The molecule has 3 rings (SSSR count). The third-order valence-corrected chi connectivity index (χ3v) is 4.79. The van der Waals surface area contributed by atoms with Gasteiger partial charge in [-0.15, -0.1) is 11.3 Å². The summed E-state index contributed by atoms with van der Waals surface area (Å²) >= 11 is 1.48. The van der Waals surface area contributed by atoms with Crippen LogP contribution in [0.3, 0.4) is 0 Å². The molecular formula is C16H22N4O2S. The van der Waals surface area contributed by atoms with Gasteiger partial charge >= 0.3 is 0 Å². The molecule has 0 N–H and O–H groups in total. The topological polar surface area (TPSA) is 60.2 Å². The van der Waals surface area contributed by atoms with E-state index in [1.165, 1.54) is 11.3 Å². The second-order valence-corrected chi connectivity index (χ2v) is 6.68. The Bertz CT molecular complexity index is 667. The first kappa shape index (κ1) is 16.1. The lowest BCUT2D eigenvalue weighted by Gasteiger charge is -2.32. The summed E-state index contributed by atoms with van der Waals surface area (Å²) in [6, 6.07) is 0. The monoisotopic (exact) mass is 334 g/mol. The Balaban J connectivity index is 1.67. The van der Waals surface area contributed by atoms with Crippen LogP contribution in [0.4, 0.5) is 0 Å². The van der Waals surface area contributed by atoms with Crippen molar-refractivity contribution in [2.24, 2.45) is 7.05 Å². The number of carbonyl (C=O) groups excluding carboxylic acids is 1. The van der Waals surface area contributed by atoms with Gasteiger partial charge in [0.2, 0.25) is 0 Å². The molecule has 1 atom stereocenters. The van der Waals surface area contributed by atoms with Gasteiger partial charge in [0.05, 0.1) is 12.3 Å². The summed E-state index contributed by atoms with van der Waals surface area (Å²) in [7, 11) is 1.87. The van der Waals surface area contributed by atoms with E-state index in [4.69, 9.17) is 4.74 Å². The second-order valence-electron chi connectivity index (χ2n) is 5.83. The smallest absolute Gasteiger partial charge is 0.273 e. The lowest BCUT2D eigenvalue weighted by Crippen LogP contribution is -2.43. The summed E-state index contributed by atoms with van der Waals surface area (Å²) in [5, 5.41) is 6.81. The molecule has 0 aromatic carbocycles. The Morgan fingerprint density at radius 2 is 2.39 bits per heavy atom. The summed E-state index contributed by atoms with van der Waals surface area (Å²) in [5.74, 6) is 0.00110. The number of ether oxygens (including phenoxy) is 1. The SMILES string of the molecule is CCCOC1CCCN(C(=O)c2csc(-c3cnn(C)c3)n2)C1. The molecule has 0 saturated carbocycles. The molecule has 2 aromatic rings. The zero-order valence-electron chi connectivity index (χ0n) is 13.6. The third kappa shape index (κ3) is 3.79. The van der Waals surface area contributed by atoms with Crippen molar-refractivity contribution in [1.82, 2.24) is 19.7 Å². The van der Waals surface area contributed by atoms with E-state index in [1.54, 1.807) is 10.9 Å². The predicted octanol–water partition coefficient (Wildman–Crippen LogP) is 2.57. The molecule has 1 aliphatic rings. The minimum absolute atomic E-state index is 0.00110. The van der Waals surface area contributed by atoms with E-state index in [2.05, 4.69) is 17.0 Å². The van der Waals surface area contributed by atoms with Crippen molar-refractivity contribution in [2.45, 2.75) is 32.3 Å². The van der Waals surface area contributed by atoms with Gasteiger partial charge in [-0.2, -0.15) is 5.10 Å². The van der Waals surface area contributed by atoms with Crippen molar-refractivity contribution in [3.8, 4) is 10.6 Å². The van der Waals surface area contributed by atoms with Crippen LogP contribution in [0.5, 0.6) is 0 Å². The molecule has 124 valence electrons. The van der Waals surface area contributed by atoms with Crippen molar-refractivity contribution in [3.63, 3.8) is 0 Å². The van der Waals surface area contributed by atoms with Gasteiger partial charge < -0.3 is 9.64 Å². The largest absolute Gasteiger partial charge is 0.376 e. The molecule has 3 heterocycles. The molecule has 7 heteroatoms. The van der Waals surface area contributed by atoms with Gasteiger partial charge in [0.1, 0.15) is 10.7 Å². The summed E-state index contributed by atoms with van der Waals surface area (Å²) in [6.07, 6.45) is 6.85. The van der Waals surface area contributed by atoms with E-state index in [0.717, 1.165) is 43.0 Å². The summed E-state index contributed by atoms with van der Waals surface area (Å²) in [5.41, 5.74) is 1.46. The molecule has 0 radical (unpaired) electrons. The maximum atomic E-state index is 12.7. The average Bonchev–Trinajstić information content (AvgIpc) is 3.21. The zero-order valence-corrected chi connectivity index (χ0v) is 14.4. The Labute approximate surface area is 140 Å². The fourth-order valence-corrected chi connectivity index (χ4v) is 3.51. The van der Waals surface area contributed by atoms with Crippen LogP contribution in [0.15, 0.2) is 17.8 Å². The number of aryl methyl sites for hydroxylation is 1. The summed E-state index contributed by atoms with van der Waals surface area (Å²) < 4.78 is 7.54. The average molecular weight is 334 g/mol. The van der Waals surface area contributed by atoms with Crippen molar-refractivity contribution in [2.75, 3.05) is 19.7 Å². The molecule has 0 aliphatic carbocycles. The van der Waals surface area contributed by atoms with E-state index in [1.807, 2.05) is 23.5 Å². The Morgan fingerprint density at radius 1 is 1.52 bits per heavy atom. The van der Waals surface area contributed by atoms with Gasteiger partial charge in [0, 0.05) is 43.9 Å². The number of likely N-dealkylation sites (tertiary alicyclic amines) is 1. The van der Waals surface area contributed by atoms with Gasteiger partial charge in [-0.1, -0.05) is 6.92 Å². The van der Waals surface area contributed by atoms with Crippen molar-refractivity contribution < 1.29 is 9.53 Å². The van der Waals surface area contributed by atoms with Crippen molar-refractivity contribution >= 4 is 17.2 Å². The number of carbonyl (C=O) groups is 1. The fraction of sp³-hybridized carbons (Fsp3) is 0.562. The molecule has 1 aliphatic heterocycles. The van der Waals surface area contributed by atoms with Gasteiger partial charge in [-0.3, -0.25) is 9.48 Å². The lowest BCUT2D eigenvalue weighted by molar-refractivity contribution is 0.00195. The van der Waals surface area contributed by atoms with Crippen molar-refractivity contribution in [3.05, 3.63) is 23.5 Å². The van der Waals surface area contributed by atoms with Crippen LogP contribution in [0, 0.1) is 0 Å². The molecule has 6 nitrogen and oxygen atoms in total. The van der Waals surface area contributed by atoms with E-state index in [-0.39, 0.29) is 12.0 Å². The first-order valence-corrected chi connectivity index (χ1v) is 8.90. The third-order valence-electron chi connectivity index (χ3n) is 3.90. The van der Waals surface area contributed by atoms with Crippen molar-refractivity contribution in [1.29, 1.82) is 0 Å². The highest BCUT2D eigenvalue weighted by molar-refractivity contribution is 7.13. The maximum absolute atomic E-state index is 12.7. The van der Waals surface area contributed by atoms with Gasteiger partial charge in [-0.05, 0) is 19.3 Å². The number of thiazole rings is 1. The molecule has 23 heavy (non-hydrogen) atoms. The normalized spacial score (nSPS) is 18.3. The number of rotatable bonds is 5. The van der Waals surface area contributed by atoms with Crippen LogP contribution >= 0.6 is 11.3 Å². The highest BCUT2D eigenvalue weighted by atomic mass is 32.1. The number of aromatic nitrogens is 3. The molecule has 0 bridgehead atoms. The minimum Gasteiger partial charge on any atom is -0.376 e. The second kappa shape index (κ2) is 7.23.